The molecular formula is C24H31O4P. The van der Waals surface area contributed by atoms with Crippen LogP contribution < -0.4 is 0 Å². The smallest absolute Gasteiger partial charge is 0.360 e. The first-order chi connectivity index (χ1) is 14.1. The summed E-state index contributed by atoms with van der Waals surface area (Å²) in [5.74, 6) is 0.754. The van der Waals surface area contributed by atoms with Gasteiger partial charge in [0.15, 0.2) is 5.60 Å². The van der Waals surface area contributed by atoms with Gasteiger partial charge in [-0.2, -0.15) is 0 Å². The molecule has 0 radical (unpaired) electrons. The van der Waals surface area contributed by atoms with Crippen LogP contribution >= 0.6 is 7.60 Å². The minimum Gasteiger partial charge on any atom is -0.481 e. The highest BCUT2D eigenvalue weighted by Crippen LogP contribution is 2.65. The lowest BCUT2D eigenvalue weighted by atomic mass is 9.84. The molecule has 0 fully saturated rings. The number of hydrogen-bond donors (Lipinski definition) is 0. The molecule has 0 bridgehead atoms. The van der Waals surface area contributed by atoms with E-state index in [4.69, 9.17) is 13.8 Å². The summed E-state index contributed by atoms with van der Waals surface area (Å²) in [4.78, 5) is 0. The highest BCUT2D eigenvalue weighted by atomic mass is 31.2. The minimum atomic E-state index is -3.43. The van der Waals surface area contributed by atoms with Crippen molar-refractivity contribution < 1.29 is 18.3 Å². The van der Waals surface area contributed by atoms with E-state index < -0.39 is 13.2 Å². The molecule has 2 aromatic carbocycles. The fraction of sp³-hybridized carbons (Fsp3) is 0.417. The molecule has 29 heavy (non-hydrogen) atoms. The fourth-order valence-corrected chi connectivity index (χ4v) is 5.80. The maximum absolute atomic E-state index is 13.8. The molecule has 3 rings (SSSR count). The Morgan fingerprint density at radius 2 is 1.41 bits per heavy atom. The quantitative estimate of drug-likeness (QED) is 0.392. The van der Waals surface area contributed by atoms with Crippen LogP contribution in [0.3, 0.4) is 0 Å². The van der Waals surface area contributed by atoms with Crippen LogP contribution in [0, 0.1) is 0 Å². The summed E-state index contributed by atoms with van der Waals surface area (Å²) in [5, 5.41) is 0.683. The van der Waals surface area contributed by atoms with Crippen molar-refractivity contribution in [1.82, 2.24) is 0 Å². The maximum atomic E-state index is 13.8. The van der Waals surface area contributed by atoms with Crippen molar-refractivity contribution in [3.8, 4) is 0 Å². The fourth-order valence-electron chi connectivity index (χ4n) is 3.86. The predicted octanol–water partition coefficient (Wildman–Crippen LogP) is 7.02. The zero-order chi connectivity index (χ0) is 20.7. The lowest BCUT2D eigenvalue weighted by molar-refractivity contribution is 0.0559. The van der Waals surface area contributed by atoms with E-state index in [9.17, 15) is 4.57 Å². The lowest BCUT2D eigenvalue weighted by Crippen LogP contribution is -2.27. The van der Waals surface area contributed by atoms with E-state index in [0.717, 1.165) is 36.1 Å². The molecule has 2 aromatic rings. The van der Waals surface area contributed by atoms with Gasteiger partial charge in [-0.25, -0.2) is 0 Å². The van der Waals surface area contributed by atoms with E-state index in [2.05, 4.69) is 31.2 Å². The summed E-state index contributed by atoms with van der Waals surface area (Å²) >= 11 is 0. The highest BCUT2D eigenvalue weighted by Gasteiger charge is 2.50. The third-order valence-corrected chi connectivity index (χ3v) is 7.47. The van der Waals surface area contributed by atoms with Crippen LogP contribution in [-0.2, 0) is 24.0 Å². The molecule has 0 aromatic heterocycles. The number of hydrogen-bond acceptors (Lipinski definition) is 4. The average molecular weight is 414 g/mol. The Bertz CT molecular complexity index is 811. The van der Waals surface area contributed by atoms with Gasteiger partial charge in [0.2, 0.25) is 0 Å². The van der Waals surface area contributed by atoms with Gasteiger partial charge in [-0.1, -0.05) is 74.0 Å². The Hall–Kier alpha value is -1.87. The van der Waals surface area contributed by atoms with Crippen molar-refractivity contribution in [3.05, 3.63) is 82.9 Å². The van der Waals surface area contributed by atoms with E-state index in [1.165, 1.54) is 0 Å². The molecule has 0 unspecified atom stereocenters. The molecule has 1 aliphatic heterocycles. The van der Waals surface area contributed by atoms with Crippen LogP contribution in [0.4, 0.5) is 0 Å². The van der Waals surface area contributed by atoms with E-state index >= 15 is 0 Å². The van der Waals surface area contributed by atoms with E-state index in [-0.39, 0.29) is 0 Å². The largest absolute Gasteiger partial charge is 0.481 e. The minimum absolute atomic E-state index is 0.325. The zero-order valence-corrected chi connectivity index (χ0v) is 18.5. The van der Waals surface area contributed by atoms with Crippen molar-refractivity contribution in [2.24, 2.45) is 0 Å². The predicted molar refractivity (Wildman–Crippen MR) is 117 cm³/mol. The maximum Gasteiger partial charge on any atom is 0.360 e. The molecule has 5 heteroatoms. The van der Waals surface area contributed by atoms with Gasteiger partial charge in [0.1, 0.15) is 5.76 Å². The Kier molecular flexibility index (Phi) is 7.34. The summed E-state index contributed by atoms with van der Waals surface area (Å²) in [6, 6.07) is 20.3. The summed E-state index contributed by atoms with van der Waals surface area (Å²) in [5.41, 5.74) is 1.34. The SMILES string of the molecule is CCCCC1=C(P(=O)(OCC)OCC)CC(c2ccccc2)(c2ccccc2)O1. The molecular weight excluding hydrogens is 383 g/mol. The second-order valence-corrected chi connectivity index (χ2v) is 9.20. The van der Waals surface area contributed by atoms with Crippen molar-refractivity contribution in [2.45, 2.75) is 52.1 Å². The Labute approximate surface area is 174 Å². The molecule has 1 heterocycles. The molecule has 0 atom stereocenters. The summed E-state index contributed by atoms with van der Waals surface area (Å²) in [6.07, 6.45) is 3.16. The number of benzene rings is 2. The van der Waals surface area contributed by atoms with Gasteiger partial charge in [-0.15, -0.1) is 0 Å². The van der Waals surface area contributed by atoms with Gasteiger partial charge in [0.25, 0.3) is 0 Å². The Morgan fingerprint density at radius 3 is 1.86 bits per heavy atom. The molecule has 156 valence electrons. The lowest BCUT2D eigenvalue weighted by Gasteiger charge is -2.31. The van der Waals surface area contributed by atoms with Crippen LogP contribution in [0.1, 0.15) is 57.6 Å². The molecule has 0 amide bonds. The second-order valence-electron chi connectivity index (χ2n) is 7.14. The topological polar surface area (TPSA) is 44.8 Å². The van der Waals surface area contributed by atoms with Gasteiger partial charge in [-0.05, 0) is 20.3 Å². The van der Waals surface area contributed by atoms with Gasteiger partial charge in [0, 0.05) is 24.0 Å². The van der Waals surface area contributed by atoms with Gasteiger partial charge >= 0.3 is 7.60 Å². The van der Waals surface area contributed by atoms with Crippen molar-refractivity contribution >= 4 is 7.60 Å². The number of allylic oxidation sites excluding steroid dienone is 1. The zero-order valence-electron chi connectivity index (χ0n) is 17.6. The average Bonchev–Trinajstić information content (AvgIpc) is 3.16. The van der Waals surface area contributed by atoms with Crippen LogP contribution in [0.2, 0.25) is 0 Å². The van der Waals surface area contributed by atoms with E-state index in [1.54, 1.807) is 0 Å². The van der Waals surface area contributed by atoms with Crippen molar-refractivity contribution in [1.29, 1.82) is 0 Å². The molecule has 0 aliphatic carbocycles. The van der Waals surface area contributed by atoms with Crippen molar-refractivity contribution in [2.75, 3.05) is 13.2 Å². The molecule has 0 N–H and O–H groups in total. The third kappa shape index (κ3) is 4.50. The number of ether oxygens (including phenoxy) is 1. The Morgan fingerprint density at radius 1 is 0.897 bits per heavy atom. The Balaban J connectivity index is 2.13. The molecule has 0 saturated carbocycles. The third-order valence-electron chi connectivity index (χ3n) is 5.20. The normalized spacial score (nSPS) is 16.1. The van der Waals surface area contributed by atoms with Gasteiger partial charge < -0.3 is 13.8 Å². The first-order valence-electron chi connectivity index (χ1n) is 10.5. The standard InChI is InChI=1S/C24H31O4P/c1-4-7-18-22-23(29(25,26-5-2)27-6-3)19-24(28-22,20-14-10-8-11-15-20)21-16-12-9-13-17-21/h8-17H,4-7,18-19H2,1-3H3. The van der Waals surface area contributed by atoms with E-state index in [1.807, 2.05) is 50.2 Å². The van der Waals surface area contributed by atoms with Gasteiger partial charge in [0.05, 0.1) is 18.5 Å². The van der Waals surface area contributed by atoms with Crippen LogP contribution in [-0.4, -0.2) is 13.2 Å². The second kappa shape index (κ2) is 9.75. The van der Waals surface area contributed by atoms with Gasteiger partial charge in [-0.3, -0.25) is 4.57 Å². The molecule has 1 aliphatic rings. The number of rotatable bonds is 10. The molecule has 0 spiro atoms. The summed E-state index contributed by atoms with van der Waals surface area (Å²) in [6.45, 7) is 6.48. The molecule has 4 nitrogen and oxygen atoms in total. The summed E-state index contributed by atoms with van der Waals surface area (Å²) < 4.78 is 31.9. The summed E-state index contributed by atoms with van der Waals surface area (Å²) in [7, 11) is -3.43. The monoisotopic (exact) mass is 414 g/mol. The van der Waals surface area contributed by atoms with Crippen molar-refractivity contribution in [3.63, 3.8) is 0 Å². The molecule has 0 saturated heterocycles. The van der Waals surface area contributed by atoms with E-state index in [0.29, 0.717) is 24.9 Å². The van der Waals surface area contributed by atoms with Crippen LogP contribution in [0.15, 0.2) is 71.7 Å². The first-order valence-corrected chi connectivity index (χ1v) is 12.1. The van der Waals surface area contributed by atoms with Crippen LogP contribution in [0.25, 0.3) is 0 Å². The van der Waals surface area contributed by atoms with Crippen LogP contribution in [0.5, 0.6) is 0 Å². The first kappa shape index (κ1) is 21.8. The highest BCUT2D eigenvalue weighted by molar-refractivity contribution is 7.58. The number of unbranched alkanes of at least 4 members (excludes halogenated alkanes) is 1.